The molecule has 0 aromatic carbocycles. The molecule has 7 heteroatoms. The lowest BCUT2D eigenvalue weighted by atomic mass is 9.95. The summed E-state index contributed by atoms with van der Waals surface area (Å²) in [4.78, 5) is 33.9. The van der Waals surface area contributed by atoms with E-state index in [4.69, 9.17) is 14.6 Å². The molecule has 0 aliphatic heterocycles. The topological polar surface area (TPSA) is 102 Å². The fourth-order valence-corrected chi connectivity index (χ4v) is 2.27. The van der Waals surface area contributed by atoms with E-state index in [2.05, 4.69) is 12.2 Å². The van der Waals surface area contributed by atoms with Gasteiger partial charge in [0.05, 0.1) is 6.42 Å². The van der Waals surface area contributed by atoms with Crippen LogP contribution in [0.15, 0.2) is 0 Å². The molecule has 0 saturated carbocycles. The normalized spacial score (nSPS) is 14.7. The van der Waals surface area contributed by atoms with Crippen LogP contribution in [0.2, 0.25) is 0 Å². The van der Waals surface area contributed by atoms with Crippen LogP contribution in [0.4, 0.5) is 4.79 Å². The molecular formula is C16H29NO6. The van der Waals surface area contributed by atoms with E-state index in [1.165, 1.54) is 6.92 Å². The molecule has 0 aromatic rings. The molecule has 23 heavy (non-hydrogen) atoms. The Morgan fingerprint density at radius 3 is 2.17 bits per heavy atom. The van der Waals surface area contributed by atoms with Crippen molar-refractivity contribution in [2.45, 2.75) is 72.6 Å². The lowest BCUT2D eigenvalue weighted by Crippen LogP contribution is -2.41. The van der Waals surface area contributed by atoms with Crippen LogP contribution in [0.1, 0.15) is 60.3 Å². The number of hydrogen-bond donors (Lipinski definition) is 2. The van der Waals surface area contributed by atoms with Crippen molar-refractivity contribution >= 4 is 18.0 Å². The zero-order valence-corrected chi connectivity index (χ0v) is 14.6. The Morgan fingerprint density at radius 2 is 1.74 bits per heavy atom. The number of amides is 1. The quantitative estimate of drug-likeness (QED) is 0.471. The minimum absolute atomic E-state index is 0.178. The van der Waals surface area contributed by atoms with Gasteiger partial charge in [-0.2, -0.15) is 0 Å². The molecule has 0 heterocycles. The number of carboxylic acid groups (broad SMARTS) is 1. The molecule has 1 amide bonds. The predicted molar refractivity (Wildman–Crippen MR) is 84.7 cm³/mol. The first kappa shape index (κ1) is 21.2. The van der Waals surface area contributed by atoms with Crippen molar-refractivity contribution in [1.82, 2.24) is 5.32 Å². The van der Waals surface area contributed by atoms with E-state index in [9.17, 15) is 14.4 Å². The van der Waals surface area contributed by atoms with E-state index in [-0.39, 0.29) is 12.3 Å². The molecule has 0 unspecified atom stereocenters. The van der Waals surface area contributed by atoms with Gasteiger partial charge in [-0.05, 0) is 12.3 Å². The van der Waals surface area contributed by atoms with Crippen LogP contribution in [-0.4, -0.2) is 35.5 Å². The molecule has 0 aliphatic rings. The highest BCUT2D eigenvalue weighted by molar-refractivity contribution is 5.71. The molecule has 0 rings (SSSR count). The number of carboxylic acids is 1. The first-order valence-electron chi connectivity index (χ1n) is 8.01. The summed E-state index contributed by atoms with van der Waals surface area (Å²) in [5.41, 5.74) is 0. The Morgan fingerprint density at radius 1 is 1.13 bits per heavy atom. The summed E-state index contributed by atoms with van der Waals surface area (Å²) in [5, 5.41) is 11.5. The number of nitrogens with one attached hydrogen (secondary N) is 1. The van der Waals surface area contributed by atoms with Crippen LogP contribution in [0.5, 0.6) is 0 Å². The van der Waals surface area contributed by atoms with E-state index in [0.29, 0.717) is 12.3 Å². The third kappa shape index (κ3) is 10.5. The highest BCUT2D eigenvalue weighted by atomic mass is 16.7. The number of ether oxygens (including phenoxy) is 2. The molecule has 7 nitrogen and oxygen atoms in total. The highest BCUT2D eigenvalue weighted by Crippen LogP contribution is 2.15. The second-order valence-electron chi connectivity index (χ2n) is 6.20. The molecule has 0 radical (unpaired) electrons. The fourth-order valence-electron chi connectivity index (χ4n) is 2.27. The number of aliphatic carboxylic acids is 1. The van der Waals surface area contributed by atoms with Gasteiger partial charge in [0.1, 0.15) is 0 Å². The van der Waals surface area contributed by atoms with Crippen LogP contribution < -0.4 is 5.32 Å². The van der Waals surface area contributed by atoms with Crippen LogP contribution in [0, 0.1) is 11.8 Å². The van der Waals surface area contributed by atoms with Gasteiger partial charge in [-0.3, -0.25) is 9.59 Å². The maximum atomic E-state index is 12.0. The number of carbonyl (C=O) groups is 3. The van der Waals surface area contributed by atoms with Gasteiger partial charge in [-0.15, -0.1) is 0 Å². The van der Waals surface area contributed by atoms with Crippen LogP contribution in [0.3, 0.4) is 0 Å². The maximum absolute atomic E-state index is 12.0. The van der Waals surface area contributed by atoms with Crippen molar-refractivity contribution in [1.29, 1.82) is 0 Å². The number of esters is 1. The van der Waals surface area contributed by atoms with Crippen LogP contribution in [-0.2, 0) is 19.1 Å². The van der Waals surface area contributed by atoms with Crippen molar-refractivity contribution in [3.63, 3.8) is 0 Å². The number of carbonyl (C=O) groups excluding carboxylic acids is 2. The van der Waals surface area contributed by atoms with Gasteiger partial charge in [0.25, 0.3) is 6.29 Å². The van der Waals surface area contributed by atoms with E-state index in [1.807, 2.05) is 6.92 Å². The van der Waals surface area contributed by atoms with Gasteiger partial charge in [-0.25, -0.2) is 4.79 Å². The monoisotopic (exact) mass is 331 g/mol. The van der Waals surface area contributed by atoms with Crippen LogP contribution in [0.25, 0.3) is 0 Å². The van der Waals surface area contributed by atoms with Gasteiger partial charge in [-0.1, -0.05) is 40.5 Å². The van der Waals surface area contributed by atoms with Crippen molar-refractivity contribution in [3.05, 3.63) is 0 Å². The zero-order chi connectivity index (χ0) is 18.0. The minimum atomic E-state index is -0.994. The number of rotatable bonds is 10. The minimum Gasteiger partial charge on any atom is -0.481 e. The molecule has 0 spiro atoms. The number of alkyl carbamates (subject to hydrolysis) is 1. The summed E-state index contributed by atoms with van der Waals surface area (Å²) in [6.07, 6.45) is 0.548. The summed E-state index contributed by atoms with van der Waals surface area (Å²) in [6.45, 7) is 8.80. The Labute approximate surface area is 137 Å². The molecule has 0 aliphatic carbocycles. The van der Waals surface area contributed by atoms with Gasteiger partial charge in [0.15, 0.2) is 0 Å². The van der Waals surface area contributed by atoms with Crippen molar-refractivity contribution < 1.29 is 29.0 Å². The summed E-state index contributed by atoms with van der Waals surface area (Å²) in [5.74, 6) is -1.45. The molecular weight excluding hydrogens is 302 g/mol. The third-order valence-corrected chi connectivity index (χ3v) is 3.26. The Hall–Kier alpha value is -1.79. The molecule has 2 N–H and O–H groups in total. The van der Waals surface area contributed by atoms with Crippen molar-refractivity contribution in [2.24, 2.45) is 11.8 Å². The summed E-state index contributed by atoms with van der Waals surface area (Å²) in [7, 11) is 0. The highest BCUT2D eigenvalue weighted by Gasteiger charge is 2.24. The second-order valence-corrected chi connectivity index (χ2v) is 6.20. The Kier molecular flexibility index (Phi) is 10.0. The molecule has 134 valence electrons. The summed E-state index contributed by atoms with van der Waals surface area (Å²) in [6, 6.07) is -0.522. The van der Waals surface area contributed by atoms with Crippen molar-refractivity contribution in [2.75, 3.05) is 0 Å². The average Bonchev–Trinajstić information content (AvgIpc) is 2.36. The predicted octanol–water partition coefficient (Wildman–Crippen LogP) is 2.93. The molecule has 0 fully saturated rings. The SMILES string of the molecule is CCC[C@@H](C)C[C@@H](CC(=O)O)NC(=O)O[C@H](OC(C)=O)C(C)C. The van der Waals surface area contributed by atoms with Gasteiger partial charge < -0.3 is 19.9 Å². The maximum Gasteiger partial charge on any atom is 0.410 e. The van der Waals surface area contributed by atoms with E-state index in [0.717, 1.165) is 12.8 Å². The Bertz CT molecular complexity index is 396. The van der Waals surface area contributed by atoms with Gasteiger partial charge in [0, 0.05) is 18.9 Å². The summed E-state index contributed by atoms with van der Waals surface area (Å²) < 4.78 is 10.0. The standard InChI is InChI=1S/C16H29NO6/c1-6-7-11(4)8-13(9-14(19)20)17-16(21)23-15(10(2)3)22-12(5)18/h10-11,13,15H,6-9H2,1-5H3,(H,17,21)(H,19,20)/t11-,13+,15+/m1/s1. The first-order valence-corrected chi connectivity index (χ1v) is 8.01. The molecule has 0 saturated heterocycles. The summed E-state index contributed by atoms with van der Waals surface area (Å²) >= 11 is 0. The number of hydrogen-bond acceptors (Lipinski definition) is 5. The lowest BCUT2D eigenvalue weighted by Gasteiger charge is -2.24. The average molecular weight is 331 g/mol. The molecule has 3 atom stereocenters. The van der Waals surface area contributed by atoms with Gasteiger partial charge in [0.2, 0.25) is 0 Å². The fraction of sp³-hybridized carbons (Fsp3) is 0.812. The van der Waals surface area contributed by atoms with Crippen molar-refractivity contribution in [3.8, 4) is 0 Å². The van der Waals surface area contributed by atoms with Gasteiger partial charge >= 0.3 is 18.0 Å². The third-order valence-electron chi connectivity index (χ3n) is 3.26. The van der Waals surface area contributed by atoms with Crippen LogP contribution >= 0.6 is 0 Å². The van der Waals surface area contributed by atoms with E-state index >= 15 is 0 Å². The smallest absolute Gasteiger partial charge is 0.410 e. The second kappa shape index (κ2) is 10.9. The first-order chi connectivity index (χ1) is 10.6. The molecule has 0 bridgehead atoms. The largest absolute Gasteiger partial charge is 0.481 e. The Balaban J connectivity index is 4.66. The van der Waals surface area contributed by atoms with E-state index in [1.54, 1.807) is 13.8 Å². The van der Waals surface area contributed by atoms with E-state index < -0.39 is 30.4 Å². The molecule has 0 aromatic heterocycles. The lowest BCUT2D eigenvalue weighted by molar-refractivity contribution is -0.172. The zero-order valence-electron chi connectivity index (χ0n) is 14.6.